The van der Waals surface area contributed by atoms with Crippen LogP contribution in [0.25, 0.3) is 0 Å². The summed E-state index contributed by atoms with van der Waals surface area (Å²) in [6, 6.07) is 10.8. The summed E-state index contributed by atoms with van der Waals surface area (Å²) in [7, 11) is 2.16. The summed E-state index contributed by atoms with van der Waals surface area (Å²) in [6.45, 7) is 7.85. The fourth-order valence-electron chi connectivity index (χ4n) is 4.26. The molecule has 2 N–H and O–H groups in total. The van der Waals surface area contributed by atoms with Gasteiger partial charge in [-0.3, -0.25) is 4.90 Å². The molecule has 2 aromatic rings. The van der Waals surface area contributed by atoms with Crippen molar-refractivity contribution in [3.8, 4) is 0 Å². The number of hydrogen-bond donors (Lipinski definition) is 1. The number of halogens is 1. The van der Waals surface area contributed by atoms with Crippen molar-refractivity contribution in [2.24, 2.45) is 11.7 Å². The summed E-state index contributed by atoms with van der Waals surface area (Å²) in [6.07, 6.45) is 3.99. The lowest BCUT2D eigenvalue weighted by atomic mass is 9.89. The number of rotatable bonds is 5. The molecular weight excluding hydrogens is 372 g/mol. The number of nitrogens with zero attached hydrogens (tertiary/aromatic N) is 5. The number of aromatic nitrogens is 2. The summed E-state index contributed by atoms with van der Waals surface area (Å²) in [5, 5.41) is 0. The van der Waals surface area contributed by atoms with Crippen LogP contribution in [0.2, 0.25) is 0 Å². The Bertz CT molecular complexity index is 717. The lowest BCUT2D eigenvalue weighted by molar-refractivity contribution is 0.310. The molecule has 6 nitrogen and oxygen atoms in total. The third kappa shape index (κ3) is 4.81. The second-order valence-electron chi connectivity index (χ2n) is 7.89. The smallest absolute Gasteiger partial charge is 0.225 e. The van der Waals surface area contributed by atoms with E-state index in [1.807, 2.05) is 12.4 Å². The van der Waals surface area contributed by atoms with Crippen molar-refractivity contribution in [1.82, 2.24) is 19.8 Å². The zero-order chi connectivity index (χ0) is 18.6. The molecule has 1 aromatic carbocycles. The Balaban J connectivity index is 0.00000225. The molecule has 2 aliphatic heterocycles. The molecule has 7 heteroatoms. The Morgan fingerprint density at radius 1 is 1.00 bits per heavy atom. The number of likely N-dealkylation sites (N-methyl/N-ethyl adjacent to an activating group) is 1. The minimum Gasteiger partial charge on any atom is -0.338 e. The first-order chi connectivity index (χ1) is 13.2. The molecular formula is C21H31ClN6. The van der Waals surface area contributed by atoms with Crippen LogP contribution in [0, 0.1) is 5.92 Å². The summed E-state index contributed by atoms with van der Waals surface area (Å²) in [5.41, 5.74) is 8.65. The molecule has 0 aliphatic carbocycles. The van der Waals surface area contributed by atoms with Gasteiger partial charge in [0, 0.05) is 69.7 Å². The molecule has 4 rings (SSSR count). The number of hydrogen-bond acceptors (Lipinski definition) is 6. The number of piperazine rings is 1. The summed E-state index contributed by atoms with van der Waals surface area (Å²) in [4.78, 5) is 16.4. The zero-order valence-electron chi connectivity index (χ0n) is 16.6. The fraction of sp³-hybridized carbons (Fsp3) is 0.524. The van der Waals surface area contributed by atoms with Crippen molar-refractivity contribution in [1.29, 1.82) is 0 Å². The maximum Gasteiger partial charge on any atom is 0.225 e. The summed E-state index contributed by atoms with van der Waals surface area (Å²) >= 11 is 0. The van der Waals surface area contributed by atoms with Crippen molar-refractivity contribution in [2.75, 3.05) is 57.8 Å². The minimum absolute atomic E-state index is 0. The Morgan fingerprint density at radius 2 is 1.68 bits per heavy atom. The highest BCUT2D eigenvalue weighted by Gasteiger charge is 2.32. The second-order valence-corrected chi connectivity index (χ2v) is 7.89. The van der Waals surface area contributed by atoms with Gasteiger partial charge in [0.1, 0.15) is 0 Å². The van der Waals surface area contributed by atoms with Crippen LogP contribution in [0.4, 0.5) is 5.95 Å². The molecule has 2 fully saturated rings. The van der Waals surface area contributed by atoms with E-state index in [0.717, 1.165) is 58.3 Å². The molecule has 0 saturated carbocycles. The van der Waals surface area contributed by atoms with Gasteiger partial charge in [-0.05, 0) is 25.1 Å². The molecule has 152 valence electrons. The van der Waals surface area contributed by atoms with E-state index < -0.39 is 0 Å². The predicted octanol–water partition coefficient (Wildman–Crippen LogP) is 1.82. The Labute approximate surface area is 174 Å². The molecule has 2 aliphatic rings. The quantitative estimate of drug-likeness (QED) is 0.823. The van der Waals surface area contributed by atoms with Crippen LogP contribution < -0.4 is 10.6 Å². The van der Waals surface area contributed by atoms with Gasteiger partial charge in [0.25, 0.3) is 0 Å². The Hall–Kier alpha value is -1.73. The van der Waals surface area contributed by atoms with Crippen LogP contribution in [0.5, 0.6) is 0 Å². The normalized spacial score (nSPS) is 23.6. The van der Waals surface area contributed by atoms with E-state index in [1.54, 1.807) is 0 Å². The van der Waals surface area contributed by atoms with Crippen LogP contribution in [0.1, 0.15) is 17.0 Å². The highest BCUT2D eigenvalue weighted by Crippen LogP contribution is 2.32. The van der Waals surface area contributed by atoms with Gasteiger partial charge < -0.3 is 15.5 Å². The highest BCUT2D eigenvalue weighted by molar-refractivity contribution is 5.85. The van der Waals surface area contributed by atoms with E-state index in [2.05, 4.69) is 62.0 Å². The van der Waals surface area contributed by atoms with E-state index in [9.17, 15) is 0 Å². The first-order valence-electron chi connectivity index (χ1n) is 9.94. The van der Waals surface area contributed by atoms with Crippen LogP contribution in [-0.2, 0) is 6.54 Å². The van der Waals surface area contributed by atoms with Crippen LogP contribution in [0.15, 0.2) is 42.7 Å². The Morgan fingerprint density at radius 3 is 2.32 bits per heavy atom. The minimum atomic E-state index is 0. The lowest BCUT2D eigenvalue weighted by Gasteiger charge is -2.32. The van der Waals surface area contributed by atoms with Crippen molar-refractivity contribution >= 4 is 18.4 Å². The first-order valence-corrected chi connectivity index (χ1v) is 9.94. The number of likely N-dealkylation sites (tertiary alicyclic amines) is 1. The van der Waals surface area contributed by atoms with Gasteiger partial charge in [-0.15, -0.1) is 12.4 Å². The van der Waals surface area contributed by atoms with Crippen molar-refractivity contribution in [3.05, 3.63) is 53.9 Å². The number of anilines is 1. The number of benzene rings is 1. The van der Waals surface area contributed by atoms with Crippen molar-refractivity contribution in [2.45, 2.75) is 12.5 Å². The molecule has 2 atom stereocenters. The standard InChI is InChI=1S/C21H30N6.ClH/c1-25-7-9-27(10-8-25)21-23-12-17(13-24-21)14-26-15-19(11-22)20(16-26)18-5-3-2-4-6-18;/h2-6,12-13,19-20H,7-11,14-16,22H2,1H3;1H/t19-,20+;/m1./s1. The monoisotopic (exact) mass is 402 g/mol. The van der Waals surface area contributed by atoms with Gasteiger partial charge in [-0.2, -0.15) is 0 Å². The average molecular weight is 403 g/mol. The molecule has 0 unspecified atom stereocenters. The van der Waals surface area contributed by atoms with E-state index in [-0.39, 0.29) is 12.4 Å². The molecule has 0 bridgehead atoms. The van der Waals surface area contributed by atoms with Gasteiger partial charge in [-0.1, -0.05) is 30.3 Å². The van der Waals surface area contributed by atoms with Gasteiger partial charge in [0.2, 0.25) is 5.95 Å². The average Bonchev–Trinajstić information content (AvgIpc) is 3.13. The third-order valence-electron chi connectivity index (χ3n) is 5.93. The summed E-state index contributed by atoms with van der Waals surface area (Å²) in [5.74, 6) is 1.88. The van der Waals surface area contributed by atoms with Crippen LogP contribution in [-0.4, -0.2) is 72.6 Å². The topological polar surface area (TPSA) is 61.5 Å². The Kier molecular flexibility index (Phi) is 7.24. The zero-order valence-corrected chi connectivity index (χ0v) is 17.4. The van der Waals surface area contributed by atoms with Crippen LogP contribution in [0.3, 0.4) is 0 Å². The van der Waals surface area contributed by atoms with Crippen molar-refractivity contribution < 1.29 is 0 Å². The maximum absolute atomic E-state index is 6.07. The fourth-order valence-corrected chi connectivity index (χ4v) is 4.26. The summed E-state index contributed by atoms with van der Waals surface area (Å²) < 4.78 is 0. The SMILES string of the molecule is CN1CCN(c2ncc(CN3C[C@@H](CN)[C@H](c4ccccc4)C3)cn2)CC1.Cl. The van der Waals surface area contributed by atoms with Crippen LogP contribution >= 0.6 is 12.4 Å². The second kappa shape index (κ2) is 9.65. The highest BCUT2D eigenvalue weighted by atomic mass is 35.5. The molecule has 0 spiro atoms. The van der Waals surface area contributed by atoms with E-state index in [1.165, 1.54) is 11.1 Å². The van der Waals surface area contributed by atoms with E-state index >= 15 is 0 Å². The third-order valence-corrected chi connectivity index (χ3v) is 5.93. The number of nitrogens with two attached hydrogens (primary N) is 1. The maximum atomic E-state index is 6.07. The molecule has 28 heavy (non-hydrogen) atoms. The van der Waals surface area contributed by atoms with Gasteiger partial charge >= 0.3 is 0 Å². The predicted molar refractivity (Wildman–Crippen MR) is 116 cm³/mol. The van der Waals surface area contributed by atoms with E-state index in [0.29, 0.717) is 11.8 Å². The molecule has 0 radical (unpaired) electrons. The van der Waals surface area contributed by atoms with Gasteiger partial charge in [-0.25, -0.2) is 9.97 Å². The molecule has 2 saturated heterocycles. The molecule has 3 heterocycles. The van der Waals surface area contributed by atoms with Crippen molar-refractivity contribution in [3.63, 3.8) is 0 Å². The largest absolute Gasteiger partial charge is 0.338 e. The first kappa shape index (κ1) is 21.0. The van der Waals surface area contributed by atoms with Gasteiger partial charge in [0.15, 0.2) is 0 Å². The lowest BCUT2D eigenvalue weighted by Crippen LogP contribution is -2.45. The van der Waals surface area contributed by atoms with Gasteiger partial charge in [0.05, 0.1) is 0 Å². The molecule has 0 amide bonds. The van der Waals surface area contributed by atoms with E-state index in [4.69, 9.17) is 5.73 Å². The molecule has 1 aromatic heterocycles.